The predicted molar refractivity (Wildman–Crippen MR) is 122 cm³/mol. The number of hydrogen-bond acceptors (Lipinski definition) is 8. The number of ether oxygens (including phenoxy) is 1. The Bertz CT molecular complexity index is 1180. The lowest BCUT2D eigenvalue weighted by molar-refractivity contribution is 0.0528. The van der Waals surface area contributed by atoms with E-state index in [4.69, 9.17) is 16.3 Å². The van der Waals surface area contributed by atoms with Crippen LogP contribution in [-0.2, 0) is 22.3 Å². The minimum absolute atomic E-state index is 0.111. The van der Waals surface area contributed by atoms with Gasteiger partial charge in [-0.25, -0.2) is 14.8 Å². The van der Waals surface area contributed by atoms with E-state index in [1.807, 2.05) is 6.07 Å². The minimum atomic E-state index is -1.68. The average Bonchev–Trinajstić information content (AvgIpc) is 2.77. The van der Waals surface area contributed by atoms with Gasteiger partial charge in [0.2, 0.25) is 0 Å². The maximum Gasteiger partial charge on any atom is 0.407 e. The number of aromatic nitrogens is 4. The average molecular weight is 485 g/mol. The highest BCUT2D eigenvalue weighted by molar-refractivity contribution is 7.91. The molecule has 0 bridgehead atoms. The van der Waals surface area contributed by atoms with Crippen LogP contribution in [0.15, 0.2) is 52.6 Å². The van der Waals surface area contributed by atoms with E-state index >= 15 is 0 Å². The number of amides is 1. The highest BCUT2D eigenvalue weighted by Crippen LogP contribution is 2.31. The number of alkyl carbamates (subject to hydrolysis) is 1. The zero-order chi connectivity index (χ0) is 24.0. The third-order valence-electron chi connectivity index (χ3n) is 4.15. The van der Waals surface area contributed by atoms with Gasteiger partial charge in [-0.1, -0.05) is 11.6 Å². The van der Waals surface area contributed by atoms with E-state index in [-0.39, 0.29) is 5.15 Å². The van der Waals surface area contributed by atoms with Crippen LogP contribution in [0.3, 0.4) is 0 Å². The SMILES string of the molecule is CC(C)(C)OC(=O)NCCc1cnc(-c2ccc(C#N)cc2[S+]([O-])c2cnnc(Cl)c2)nc1. The lowest BCUT2D eigenvalue weighted by atomic mass is 10.1. The molecular formula is C22H21ClN6O3S. The van der Waals surface area contributed by atoms with Crippen molar-refractivity contribution in [2.75, 3.05) is 6.54 Å². The lowest BCUT2D eigenvalue weighted by Gasteiger charge is -2.19. The molecule has 3 aromatic rings. The van der Waals surface area contributed by atoms with Gasteiger partial charge in [0.25, 0.3) is 0 Å². The number of nitrogens with zero attached hydrogens (tertiary/aromatic N) is 5. The summed E-state index contributed by atoms with van der Waals surface area (Å²) < 4.78 is 18.4. The van der Waals surface area contributed by atoms with Gasteiger partial charge in [0.1, 0.15) is 11.8 Å². The molecule has 2 aromatic heterocycles. The van der Waals surface area contributed by atoms with E-state index in [2.05, 4.69) is 25.5 Å². The van der Waals surface area contributed by atoms with Crippen LogP contribution in [0.1, 0.15) is 31.9 Å². The largest absolute Gasteiger partial charge is 0.606 e. The molecule has 0 aliphatic carbocycles. The number of carbonyl (C=O) groups is 1. The summed E-state index contributed by atoms with van der Waals surface area (Å²) in [5.41, 5.74) is 1.10. The molecule has 1 unspecified atom stereocenters. The van der Waals surface area contributed by atoms with Crippen LogP contribution in [0.4, 0.5) is 4.79 Å². The Hall–Kier alpha value is -3.26. The van der Waals surface area contributed by atoms with Gasteiger partial charge in [-0.05, 0) is 44.9 Å². The number of benzene rings is 1. The molecular weight excluding hydrogens is 464 g/mol. The molecule has 0 aliphatic heterocycles. The van der Waals surface area contributed by atoms with Gasteiger partial charge in [0, 0.05) is 42.2 Å². The summed E-state index contributed by atoms with van der Waals surface area (Å²) in [5.74, 6) is 0.347. The summed E-state index contributed by atoms with van der Waals surface area (Å²) in [6.07, 6.45) is 4.64. The molecule has 11 heteroatoms. The first-order chi connectivity index (χ1) is 15.7. The van der Waals surface area contributed by atoms with E-state index in [0.29, 0.717) is 39.7 Å². The Labute approximate surface area is 199 Å². The summed E-state index contributed by atoms with van der Waals surface area (Å²) in [5, 5.41) is 19.5. The molecule has 170 valence electrons. The summed E-state index contributed by atoms with van der Waals surface area (Å²) in [7, 11) is 0. The van der Waals surface area contributed by atoms with Crippen molar-refractivity contribution in [2.45, 2.75) is 42.6 Å². The van der Waals surface area contributed by atoms with E-state index < -0.39 is 22.9 Å². The molecule has 0 saturated heterocycles. The van der Waals surface area contributed by atoms with Gasteiger partial charge in [0.05, 0.1) is 17.2 Å². The third kappa shape index (κ3) is 6.86. The van der Waals surface area contributed by atoms with Crippen molar-refractivity contribution >= 4 is 28.9 Å². The minimum Gasteiger partial charge on any atom is -0.606 e. The highest BCUT2D eigenvalue weighted by atomic mass is 35.5. The topological polar surface area (TPSA) is 137 Å². The van der Waals surface area contributed by atoms with Crippen molar-refractivity contribution in [2.24, 2.45) is 0 Å². The van der Waals surface area contributed by atoms with Gasteiger partial charge < -0.3 is 14.6 Å². The van der Waals surface area contributed by atoms with Crippen molar-refractivity contribution in [1.29, 1.82) is 5.26 Å². The fraction of sp³-hybridized carbons (Fsp3) is 0.273. The monoisotopic (exact) mass is 484 g/mol. The molecule has 0 spiro atoms. The predicted octanol–water partition coefficient (Wildman–Crippen LogP) is 3.69. The van der Waals surface area contributed by atoms with Crippen molar-refractivity contribution in [3.63, 3.8) is 0 Å². The molecule has 2 heterocycles. The van der Waals surface area contributed by atoms with Crippen LogP contribution in [0.2, 0.25) is 5.15 Å². The maximum atomic E-state index is 13.2. The lowest BCUT2D eigenvalue weighted by Crippen LogP contribution is -2.33. The molecule has 0 fully saturated rings. The van der Waals surface area contributed by atoms with Crippen molar-refractivity contribution in [3.8, 4) is 17.5 Å². The molecule has 0 radical (unpaired) electrons. The highest BCUT2D eigenvalue weighted by Gasteiger charge is 2.23. The fourth-order valence-corrected chi connectivity index (χ4v) is 4.16. The first kappa shape index (κ1) is 24.4. The Kier molecular flexibility index (Phi) is 7.81. The van der Waals surface area contributed by atoms with Gasteiger partial charge in [-0.15, -0.1) is 5.10 Å². The Balaban J connectivity index is 1.78. The summed E-state index contributed by atoms with van der Waals surface area (Å²) in [6, 6.07) is 8.29. The number of rotatable bonds is 6. The van der Waals surface area contributed by atoms with E-state index in [0.717, 1.165) is 5.56 Å². The van der Waals surface area contributed by atoms with Crippen LogP contribution >= 0.6 is 11.6 Å². The van der Waals surface area contributed by atoms with E-state index in [1.165, 1.54) is 18.3 Å². The van der Waals surface area contributed by atoms with Gasteiger partial charge >= 0.3 is 6.09 Å². The fourth-order valence-electron chi connectivity index (χ4n) is 2.73. The first-order valence-corrected chi connectivity index (χ1v) is 11.4. The molecule has 9 nitrogen and oxygen atoms in total. The molecule has 1 aromatic carbocycles. The second kappa shape index (κ2) is 10.6. The number of carbonyl (C=O) groups excluding carboxylic acids is 1. The second-order valence-corrected chi connectivity index (χ2v) is 9.73. The van der Waals surface area contributed by atoms with E-state index in [9.17, 15) is 14.6 Å². The summed E-state index contributed by atoms with van der Waals surface area (Å²) >= 11 is 4.20. The van der Waals surface area contributed by atoms with Crippen LogP contribution in [0.5, 0.6) is 0 Å². The van der Waals surface area contributed by atoms with Crippen LogP contribution in [0.25, 0.3) is 11.4 Å². The molecule has 0 saturated carbocycles. The second-order valence-electron chi connectivity index (χ2n) is 7.90. The zero-order valence-electron chi connectivity index (χ0n) is 18.2. The standard InChI is InChI=1S/C22H21ClN6O3S/c1-22(2,3)32-21(30)25-7-6-15-11-26-20(27-12-15)17-5-4-14(10-24)8-18(17)33(31)16-9-19(23)29-28-13-16/h4-5,8-9,11-13H,6-7H2,1-3H3,(H,25,30). The number of halogens is 1. The molecule has 1 N–H and O–H groups in total. The van der Waals surface area contributed by atoms with Crippen molar-refractivity contribution < 1.29 is 14.1 Å². The maximum absolute atomic E-state index is 13.2. The van der Waals surface area contributed by atoms with Crippen LogP contribution in [-0.4, -0.2) is 43.0 Å². The molecule has 1 amide bonds. The number of nitrogens with one attached hydrogen (secondary N) is 1. The third-order valence-corrected chi connectivity index (χ3v) is 5.73. The first-order valence-electron chi connectivity index (χ1n) is 9.88. The van der Waals surface area contributed by atoms with Crippen LogP contribution in [0, 0.1) is 11.3 Å². The molecule has 1 atom stereocenters. The molecule has 3 rings (SSSR count). The quantitative estimate of drug-likeness (QED) is 0.523. The molecule has 33 heavy (non-hydrogen) atoms. The number of hydrogen-bond donors (Lipinski definition) is 1. The van der Waals surface area contributed by atoms with Gasteiger partial charge in [-0.2, -0.15) is 10.4 Å². The van der Waals surface area contributed by atoms with Gasteiger partial charge in [-0.3, -0.25) is 0 Å². The summed E-state index contributed by atoms with van der Waals surface area (Å²) in [4.78, 5) is 21.2. The Morgan fingerprint density at radius 1 is 1.24 bits per heavy atom. The van der Waals surface area contributed by atoms with Crippen molar-refractivity contribution in [1.82, 2.24) is 25.5 Å². The summed E-state index contributed by atoms with van der Waals surface area (Å²) in [6.45, 7) is 5.75. The smallest absolute Gasteiger partial charge is 0.407 e. The van der Waals surface area contributed by atoms with Gasteiger partial charge in [0.15, 0.2) is 20.8 Å². The zero-order valence-corrected chi connectivity index (χ0v) is 19.8. The van der Waals surface area contributed by atoms with E-state index in [1.54, 1.807) is 45.3 Å². The van der Waals surface area contributed by atoms with Crippen molar-refractivity contribution in [3.05, 3.63) is 59.1 Å². The number of nitriles is 1. The Morgan fingerprint density at radius 3 is 2.61 bits per heavy atom. The normalized spacial score (nSPS) is 12.0. The van der Waals surface area contributed by atoms with Crippen LogP contribution < -0.4 is 5.32 Å². The molecule has 0 aliphatic rings. The Morgan fingerprint density at radius 2 is 1.97 bits per heavy atom.